The van der Waals surface area contributed by atoms with Gasteiger partial charge in [0.1, 0.15) is 4.88 Å². The lowest BCUT2D eigenvalue weighted by Crippen LogP contribution is -2.01. The number of aldehydes is 1. The standard InChI is InChI=1S/C10H6N4O2S/c11-13-12-10(16)9-8(3-5-17-9)14-4-1-2-7(14)6-15/h1-6H. The van der Waals surface area contributed by atoms with Crippen molar-refractivity contribution in [1.29, 1.82) is 0 Å². The first-order valence-corrected chi connectivity index (χ1v) is 5.45. The monoisotopic (exact) mass is 246 g/mol. The van der Waals surface area contributed by atoms with E-state index in [0.717, 1.165) is 11.3 Å². The Labute approximate surface area is 99.7 Å². The van der Waals surface area contributed by atoms with Crippen LogP contribution in [0.1, 0.15) is 20.2 Å². The van der Waals surface area contributed by atoms with Gasteiger partial charge >= 0.3 is 0 Å². The van der Waals surface area contributed by atoms with Crippen molar-refractivity contribution in [1.82, 2.24) is 4.57 Å². The maximum absolute atomic E-state index is 11.5. The third kappa shape index (κ3) is 1.96. The van der Waals surface area contributed by atoms with Crippen LogP contribution < -0.4 is 0 Å². The van der Waals surface area contributed by atoms with Crippen LogP contribution in [0.3, 0.4) is 0 Å². The molecule has 2 rings (SSSR count). The second kappa shape index (κ2) is 4.65. The molecule has 0 fully saturated rings. The van der Waals surface area contributed by atoms with Gasteiger partial charge in [0, 0.05) is 11.1 Å². The van der Waals surface area contributed by atoms with Crippen molar-refractivity contribution in [3.8, 4) is 5.69 Å². The van der Waals surface area contributed by atoms with Gasteiger partial charge < -0.3 is 4.57 Å². The van der Waals surface area contributed by atoms with Crippen molar-refractivity contribution in [3.05, 3.63) is 50.8 Å². The Bertz CT molecular complexity index is 622. The molecule has 0 saturated heterocycles. The van der Waals surface area contributed by atoms with Crippen LogP contribution >= 0.6 is 11.3 Å². The van der Waals surface area contributed by atoms with Gasteiger partial charge in [-0.05, 0) is 34.2 Å². The van der Waals surface area contributed by atoms with Crippen LogP contribution in [0.25, 0.3) is 16.1 Å². The summed E-state index contributed by atoms with van der Waals surface area (Å²) in [7, 11) is 0. The van der Waals surface area contributed by atoms with Gasteiger partial charge in [0.15, 0.2) is 6.29 Å². The maximum atomic E-state index is 11.5. The van der Waals surface area contributed by atoms with E-state index < -0.39 is 5.91 Å². The number of amides is 1. The summed E-state index contributed by atoms with van der Waals surface area (Å²) in [6, 6.07) is 5.02. The number of hydrogen-bond acceptors (Lipinski definition) is 3. The van der Waals surface area contributed by atoms with E-state index in [-0.39, 0.29) is 0 Å². The van der Waals surface area contributed by atoms with Crippen LogP contribution in [0.5, 0.6) is 0 Å². The molecule has 0 unspecified atom stereocenters. The summed E-state index contributed by atoms with van der Waals surface area (Å²) in [5.41, 5.74) is 9.21. The van der Waals surface area contributed by atoms with Gasteiger partial charge in [0.05, 0.1) is 11.4 Å². The molecule has 6 nitrogen and oxygen atoms in total. The second-order valence-corrected chi connectivity index (χ2v) is 3.97. The van der Waals surface area contributed by atoms with Crippen molar-refractivity contribution >= 4 is 23.5 Å². The van der Waals surface area contributed by atoms with E-state index in [1.165, 1.54) is 0 Å². The molecule has 2 aromatic rings. The van der Waals surface area contributed by atoms with Crippen LogP contribution in [0.15, 0.2) is 34.9 Å². The Hall–Kier alpha value is -2.37. The fraction of sp³-hybridized carbons (Fsp3) is 0. The van der Waals surface area contributed by atoms with Crippen molar-refractivity contribution in [2.75, 3.05) is 0 Å². The summed E-state index contributed by atoms with van der Waals surface area (Å²) in [5.74, 6) is -0.650. The molecular formula is C10H6N4O2S. The van der Waals surface area contributed by atoms with E-state index in [4.69, 9.17) is 5.53 Å². The zero-order valence-corrected chi connectivity index (χ0v) is 9.29. The number of carbonyl (C=O) groups excluding carboxylic acids is 2. The van der Waals surface area contributed by atoms with E-state index in [1.54, 1.807) is 34.3 Å². The highest BCUT2D eigenvalue weighted by Gasteiger charge is 2.14. The van der Waals surface area contributed by atoms with Gasteiger partial charge in [0.2, 0.25) is 0 Å². The lowest BCUT2D eigenvalue weighted by molar-refractivity contribution is 0.100. The molecule has 1 amide bonds. The zero-order chi connectivity index (χ0) is 12.3. The molecule has 2 heterocycles. The molecule has 0 saturated carbocycles. The van der Waals surface area contributed by atoms with E-state index in [2.05, 4.69) is 10.0 Å². The molecular weight excluding hydrogens is 240 g/mol. The number of rotatable bonds is 3. The molecule has 0 aliphatic heterocycles. The minimum absolute atomic E-state index is 0.308. The molecule has 0 spiro atoms. The van der Waals surface area contributed by atoms with Gasteiger partial charge in [-0.25, -0.2) is 0 Å². The molecule has 0 atom stereocenters. The minimum Gasteiger partial charge on any atom is -0.313 e. The number of carbonyl (C=O) groups is 2. The highest BCUT2D eigenvalue weighted by atomic mass is 32.1. The van der Waals surface area contributed by atoms with Crippen molar-refractivity contribution < 1.29 is 9.59 Å². The highest BCUT2D eigenvalue weighted by Crippen LogP contribution is 2.23. The van der Waals surface area contributed by atoms with Gasteiger partial charge in [0.25, 0.3) is 5.91 Å². The summed E-state index contributed by atoms with van der Waals surface area (Å²) in [6.07, 6.45) is 2.36. The largest absolute Gasteiger partial charge is 0.313 e. The van der Waals surface area contributed by atoms with Gasteiger partial charge in [-0.3, -0.25) is 9.59 Å². The Morgan fingerprint density at radius 3 is 3.06 bits per heavy atom. The van der Waals surface area contributed by atoms with Crippen LogP contribution in [0.2, 0.25) is 0 Å². The highest BCUT2D eigenvalue weighted by molar-refractivity contribution is 7.12. The quantitative estimate of drug-likeness (QED) is 0.360. The second-order valence-electron chi connectivity index (χ2n) is 3.05. The van der Waals surface area contributed by atoms with E-state index in [1.807, 2.05) is 0 Å². The van der Waals surface area contributed by atoms with E-state index in [0.29, 0.717) is 22.5 Å². The number of nitrogens with zero attached hydrogens (tertiary/aromatic N) is 4. The average Bonchev–Trinajstić information content (AvgIpc) is 2.97. The molecule has 84 valence electrons. The molecule has 0 aliphatic carbocycles. The fourth-order valence-electron chi connectivity index (χ4n) is 1.45. The molecule has 0 aromatic carbocycles. The fourth-order valence-corrected chi connectivity index (χ4v) is 2.21. The summed E-state index contributed by atoms with van der Waals surface area (Å²) in [5, 5.41) is 4.74. The summed E-state index contributed by atoms with van der Waals surface area (Å²) in [4.78, 5) is 25.1. The molecule has 0 radical (unpaired) electrons. The van der Waals surface area contributed by atoms with E-state index in [9.17, 15) is 9.59 Å². The maximum Gasteiger partial charge on any atom is 0.261 e. The van der Waals surface area contributed by atoms with Crippen LogP contribution in [-0.4, -0.2) is 16.8 Å². The summed E-state index contributed by atoms with van der Waals surface area (Å²) in [6.45, 7) is 0. The lowest BCUT2D eigenvalue weighted by Gasteiger charge is -2.04. The summed E-state index contributed by atoms with van der Waals surface area (Å²) < 4.78 is 1.57. The van der Waals surface area contributed by atoms with Gasteiger partial charge in [-0.1, -0.05) is 0 Å². The predicted octanol–water partition coefficient (Wildman–Crippen LogP) is 2.80. The Balaban J connectivity index is 2.54. The molecule has 0 bridgehead atoms. The topological polar surface area (TPSA) is 87.8 Å². The van der Waals surface area contributed by atoms with Gasteiger partial charge in [-0.15, -0.1) is 11.3 Å². The number of aromatic nitrogens is 1. The number of thiophene rings is 1. The lowest BCUT2D eigenvalue weighted by atomic mass is 10.3. The predicted molar refractivity (Wildman–Crippen MR) is 62.5 cm³/mol. The third-order valence-corrected chi connectivity index (χ3v) is 3.03. The van der Waals surface area contributed by atoms with Crippen LogP contribution in [-0.2, 0) is 0 Å². The molecule has 7 heteroatoms. The Morgan fingerprint density at radius 1 is 1.53 bits per heavy atom. The minimum atomic E-state index is -0.650. The zero-order valence-electron chi connectivity index (χ0n) is 8.48. The Morgan fingerprint density at radius 2 is 2.35 bits per heavy atom. The molecule has 17 heavy (non-hydrogen) atoms. The van der Waals surface area contributed by atoms with Crippen LogP contribution in [0, 0.1) is 0 Å². The molecule has 2 aromatic heterocycles. The normalized spacial score (nSPS) is 9.65. The first kappa shape index (κ1) is 11.1. The number of hydrogen-bond donors (Lipinski definition) is 0. The summed E-state index contributed by atoms with van der Waals surface area (Å²) >= 11 is 1.16. The molecule has 0 aliphatic rings. The SMILES string of the molecule is [N-]=[N+]=NC(=O)c1sccc1-n1cccc1C=O. The first-order valence-electron chi connectivity index (χ1n) is 4.57. The third-order valence-electron chi connectivity index (χ3n) is 2.13. The number of azide groups is 1. The van der Waals surface area contributed by atoms with Crippen molar-refractivity contribution in [2.45, 2.75) is 0 Å². The smallest absolute Gasteiger partial charge is 0.261 e. The average molecular weight is 246 g/mol. The van der Waals surface area contributed by atoms with Gasteiger partial charge in [-0.2, -0.15) is 0 Å². The van der Waals surface area contributed by atoms with Crippen LogP contribution in [0.4, 0.5) is 0 Å². The molecule has 0 N–H and O–H groups in total. The van der Waals surface area contributed by atoms with Crippen molar-refractivity contribution in [3.63, 3.8) is 0 Å². The van der Waals surface area contributed by atoms with Crippen molar-refractivity contribution in [2.24, 2.45) is 5.11 Å². The van der Waals surface area contributed by atoms with E-state index >= 15 is 0 Å². The first-order chi connectivity index (χ1) is 8.27. The Kier molecular flexibility index (Phi) is 3.04.